The van der Waals surface area contributed by atoms with Crippen molar-refractivity contribution in [1.29, 1.82) is 0 Å². The van der Waals surface area contributed by atoms with Crippen molar-refractivity contribution in [3.05, 3.63) is 34.9 Å². The number of carbonyl (C=O) groups excluding carboxylic acids is 1. The van der Waals surface area contributed by atoms with E-state index in [0.717, 1.165) is 36.3 Å². The van der Waals surface area contributed by atoms with E-state index in [1.54, 1.807) is 0 Å². The molecule has 18 heavy (non-hydrogen) atoms. The Morgan fingerprint density at radius 1 is 1.33 bits per heavy atom. The van der Waals surface area contributed by atoms with Crippen LogP contribution < -0.4 is 5.32 Å². The smallest absolute Gasteiger partial charge is 0.223 e. The Hall–Kier alpha value is -1.02. The van der Waals surface area contributed by atoms with Crippen molar-refractivity contribution < 1.29 is 4.79 Å². The number of hydrogen-bond donors (Lipinski definition) is 1. The molecule has 3 heteroatoms. The van der Waals surface area contributed by atoms with Gasteiger partial charge in [0.2, 0.25) is 5.91 Å². The van der Waals surface area contributed by atoms with E-state index >= 15 is 0 Å². The topological polar surface area (TPSA) is 29.1 Å². The number of carbonyl (C=O) groups is 1. The van der Waals surface area contributed by atoms with E-state index in [4.69, 9.17) is 11.6 Å². The summed E-state index contributed by atoms with van der Waals surface area (Å²) in [6.07, 6.45) is 4.33. The Balaban J connectivity index is 2.29. The third-order valence-electron chi connectivity index (χ3n) is 3.72. The van der Waals surface area contributed by atoms with Gasteiger partial charge in [0.25, 0.3) is 0 Å². The third kappa shape index (κ3) is 2.69. The molecule has 1 amide bonds. The van der Waals surface area contributed by atoms with Gasteiger partial charge >= 0.3 is 0 Å². The minimum absolute atomic E-state index is 0.0154. The van der Waals surface area contributed by atoms with Crippen molar-refractivity contribution in [2.45, 2.75) is 45.1 Å². The van der Waals surface area contributed by atoms with Gasteiger partial charge in [-0.05, 0) is 30.5 Å². The Bertz CT molecular complexity index is 436. The SMILES string of the molecule is CC(C)C(=O)NC1(c2cccc(Cl)c2)CCCC1. The molecule has 0 bridgehead atoms. The highest BCUT2D eigenvalue weighted by Gasteiger charge is 2.37. The summed E-state index contributed by atoms with van der Waals surface area (Å²) in [5, 5.41) is 3.97. The lowest BCUT2D eigenvalue weighted by Gasteiger charge is -2.32. The van der Waals surface area contributed by atoms with E-state index in [1.165, 1.54) is 0 Å². The highest BCUT2D eigenvalue weighted by Crippen LogP contribution is 2.39. The van der Waals surface area contributed by atoms with E-state index in [0.29, 0.717) is 0 Å². The first kappa shape index (κ1) is 13.4. The van der Waals surface area contributed by atoms with Crippen LogP contribution in [0.4, 0.5) is 0 Å². The zero-order chi connectivity index (χ0) is 13.2. The van der Waals surface area contributed by atoms with Crippen LogP contribution in [0.2, 0.25) is 5.02 Å². The average molecular weight is 266 g/mol. The van der Waals surface area contributed by atoms with Crippen LogP contribution in [0.15, 0.2) is 24.3 Å². The Labute approximate surface area is 114 Å². The summed E-state index contributed by atoms with van der Waals surface area (Å²) in [6.45, 7) is 3.85. The average Bonchev–Trinajstić information content (AvgIpc) is 2.78. The summed E-state index contributed by atoms with van der Waals surface area (Å²) in [6, 6.07) is 7.88. The molecule has 1 aromatic carbocycles. The van der Waals surface area contributed by atoms with Gasteiger partial charge < -0.3 is 5.32 Å². The van der Waals surface area contributed by atoms with Gasteiger partial charge in [-0.25, -0.2) is 0 Å². The van der Waals surface area contributed by atoms with Crippen molar-refractivity contribution in [2.24, 2.45) is 5.92 Å². The van der Waals surface area contributed by atoms with Gasteiger partial charge in [0.1, 0.15) is 0 Å². The molecule has 1 N–H and O–H groups in total. The maximum atomic E-state index is 12.0. The minimum Gasteiger partial charge on any atom is -0.346 e. The summed E-state index contributed by atoms with van der Waals surface area (Å²) in [7, 11) is 0. The van der Waals surface area contributed by atoms with Crippen LogP contribution in [0.1, 0.15) is 45.1 Å². The molecule has 0 aromatic heterocycles. The molecule has 1 aliphatic rings. The van der Waals surface area contributed by atoms with Crippen LogP contribution in [0.5, 0.6) is 0 Å². The van der Waals surface area contributed by atoms with Gasteiger partial charge in [-0.1, -0.05) is 50.4 Å². The van der Waals surface area contributed by atoms with Crippen LogP contribution in [-0.2, 0) is 10.3 Å². The van der Waals surface area contributed by atoms with Crippen LogP contribution in [0.3, 0.4) is 0 Å². The predicted molar refractivity (Wildman–Crippen MR) is 74.6 cm³/mol. The van der Waals surface area contributed by atoms with Gasteiger partial charge in [-0.15, -0.1) is 0 Å². The molecule has 1 saturated carbocycles. The van der Waals surface area contributed by atoms with E-state index in [2.05, 4.69) is 11.4 Å². The van der Waals surface area contributed by atoms with E-state index in [1.807, 2.05) is 32.0 Å². The predicted octanol–water partition coefficient (Wildman–Crippen LogP) is 3.88. The van der Waals surface area contributed by atoms with E-state index < -0.39 is 0 Å². The fraction of sp³-hybridized carbons (Fsp3) is 0.533. The zero-order valence-corrected chi connectivity index (χ0v) is 11.8. The Morgan fingerprint density at radius 3 is 2.56 bits per heavy atom. The quantitative estimate of drug-likeness (QED) is 0.883. The summed E-state index contributed by atoms with van der Waals surface area (Å²) >= 11 is 6.07. The molecule has 2 rings (SSSR count). The molecule has 1 fully saturated rings. The molecular formula is C15H20ClNO. The first-order valence-corrected chi connectivity index (χ1v) is 6.99. The second kappa shape index (κ2) is 5.31. The molecule has 1 aromatic rings. The molecule has 98 valence electrons. The Kier molecular flexibility index (Phi) is 3.96. The zero-order valence-electron chi connectivity index (χ0n) is 11.0. The summed E-state index contributed by atoms with van der Waals surface area (Å²) in [5.74, 6) is 0.138. The molecule has 0 spiro atoms. The second-order valence-corrected chi connectivity index (χ2v) is 5.88. The number of halogens is 1. The van der Waals surface area contributed by atoms with Crippen LogP contribution in [-0.4, -0.2) is 5.91 Å². The largest absolute Gasteiger partial charge is 0.346 e. The first-order chi connectivity index (χ1) is 8.53. The summed E-state index contributed by atoms with van der Waals surface area (Å²) in [5.41, 5.74) is 0.938. The van der Waals surface area contributed by atoms with E-state index in [-0.39, 0.29) is 17.4 Å². The fourth-order valence-corrected chi connectivity index (χ4v) is 2.82. The lowest BCUT2D eigenvalue weighted by Crippen LogP contribution is -2.45. The molecule has 0 heterocycles. The maximum Gasteiger partial charge on any atom is 0.223 e. The number of amides is 1. The number of nitrogens with one attached hydrogen (secondary N) is 1. The lowest BCUT2D eigenvalue weighted by molar-refractivity contribution is -0.126. The van der Waals surface area contributed by atoms with Crippen molar-refractivity contribution in [1.82, 2.24) is 5.32 Å². The maximum absolute atomic E-state index is 12.0. The normalized spacial score (nSPS) is 18.0. The van der Waals surface area contributed by atoms with Crippen molar-refractivity contribution in [3.8, 4) is 0 Å². The monoisotopic (exact) mass is 265 g/mol. The van der Waals surface area contributed by atoms with Crippen molar-refractivity contribution >= 4 is 17.5 Å². The number of rotatable bonds is 3. The van der Waals surface area contributed by atoms with Crippen LogP contribution >= 0.6 is 11.6 Å². The van der Waals surface area contributed by atoms with Gasteiger partial charge in [0, 0.05) is 10.9 Å². The van der Waals surface area contributed by atoms with Crippen LogP contribution in [0.25, 0.3) is 0 Å². The highest BCUT2D eigenvalue weighted by atomic mass is 35.5. The number of benzene rings is 1. The van der Waals surface area contributed by atoms with Crippen molar-refractivity contribution in [2.75, 3.05) is 0 Å². The molecule has 0 radical (unpaired) electrons. The standard InChI is InChI=1S/C15H20ClNO/c1-11(2)14(18)17-15(8-3-4-9-15)12-6-5-7-13(16)10-12/h5-7,10-11H,3-4,8-9H2,1-2H3,(H,17,18). The van der Waals surface area contributed by atoms with E-state index in [9.17, 15) is 4.79 Å². The fourth-order valence-electron chi connectivity index (χ4n) is 2.63. The Morgan fingerprint density at radius 2 is 2.00 bits per heavy atom. The summed E-state index contributed by atoms with van der Waals surface area (Å²) in [4.78, 5) is 12.0. The first-order valence-electron chi connectivity index (χ1n) is 6.61. The second-order valence-electron chi connectivity index (χ2n) is 5.44. The summed E-state index contributed by atoms with van der Waals surface area (Å²) < 4.78 is 0. The number of hydrogen-bond acceptors (Lipinski definition) is 1. The highest BCUT2D eigenvalue weighted by molar-refractivity contribution is 6.30. The van der Waals surface area contributed by atoms with Crippen molar-refractivity contribution in [3.63, 3.8) is 0 Å². The third-order valence-corrected chi connectivity index (χ3v) is 3.96. The lowest BCUT2D eigenvalue weighted by atomic mass is 9.87. The molecule has 0 unspecified atom stereocenters. The molecule has 2 nitrogen and oxygen atoms in total. The van der Waals surface area contributed by atoms with Gasteiger partial charge in [0.05, 0.1) is 5.54 Å². The molecule has 0 saturated heterocycles. The minimum atomic E-state index is -0.202. The molecule has 1 aliphatic carbocycles. The van der Waals surface area contributed by atoms with Gasteiger partial charge in [-0.3, -0.25) is 4.79 Å². The molecular weight excluding hydrogens is 246 g/mol. The van der Waals surface area contributed by atoms with Gasteiger partial charge in [0.15, 0.2) is 0 Å². The van der Waals surface area contributed by atoms with Gasteiger partial charge in [-0.2, -0.15) is 0 Å². The molecule has 0 atom stereocenters. The molecule has 0 aliphatic heterocycles. The van der Waals surface area contributed by atoms with Crippen LogP contribution in [0, 0.1) is 5.92 Å².